The van der Waals surface area contributed by atoms with Crippen LogP contribution in [0.5, 0.6) is 5.75 Å². The lowest BCUT2D eigenvalue weighted by molar-refractivity contribution is -0.114. The molecule has 0 radical (unpaired) electrons. The number of nitrogens with one attached hydrogen (secondary N) is 2. The third-order valence-electron chi connectivity index (χ3n) is 2.79. The summed E-state index contributed by atoms with van der Waals surface area (Å²) in [6, 6.07) is 6.55. The van der Waals surface area contributed by atoms with Crippen LogP contribution < -0.4 is 10.6 Å². The molecule has 0 bridgehead atoms. The number of aromatic nitrogens is 1. The maximum Gasteiger partial charge on any atom is 0.257 e. The van der Waals surface area contributed by atoms with Gasteiger partial charge >= 0.3 is 0 Å². The van der Waals surface area contributed by atoms with Gasteiger partial charge in [-0.1, -0.05) is 6.07 Å². The standard InChI is InChI=1S/C15H15N3O3/c1-9-3-4-12(17-10(2)19)6-14(9)18-15(21)11-5-13(20)8-16-7-11/h3-8,20H,1-2H3,(H,17,19)(H,18,21). The molecule has 3 N–H and O–H groups in total. The van der Waals surface area contributed by atoms with E-state index >= 15 is 0 Å². The minimum absolute atomic E-state index is 0.0774. The van der Waals surface area contributed by atoms with Crippen LogP contribution in [0.1, 0.15) is 22.8 Å². The molecule has 2 amide bonds. The van der Waals surface area contributed by atoms with Crippen LogP contribution in [-0.4, -0.2) is 21.9 Å². The van der Waals surface area contributed by atoms with Gasteiger partial charge in [-0.25, -0.2) is 0 Å². The number of amides is 2. The van der Waals surface area contributed by atoms with Crippen LogP contribution in [-0.2, 0) is 4.79 Å². The number of benzene rings is 1. The van der Waals surface area contributed by atoms with Crippen molar-refractivity contribution in [2.45, 2.75) is 13.8 Å². The highest BCUT2D eigenvalue weighted by molar-refractivity contribution is 6.05. The molecule has 0 spiro atoms. The molecule has 1 aromatic heterocycles. The van der Waals surface area contributed by atoms with E-state index in [1.54, 1.807) is 18.2 Å². The van der Waals surface area contributed by atoms with Crippen LogP contribution in [0.2, 0.25) is 0 Å². The largest absolute Gasteiger partial charge is 0.506 e. The molecule has 6 heteroatoms. The predicted molar refractivity (Wildman–Crippen MR) is 79.3 cm³/mol. The number of anilines is 2. The lowest BCUT2D eigenvalue weighted by atomic mass is 10.1. The number of aromatic hydroxyl groups is 1. The third-order valence-corrected chi connectivity index (χ3v) is 2.79. The minimum Gasteiger partial charge on any atom is -0.506 e. The maximum atomic E-state index is 12.1. The Bertz CT molecular complexity index is 698. The van der Waals surface area contributed by atoms with Crippen molar-refractivity contribution >= 4 is 23.2 Å². The van der Waals surface area contributed by atoms with Gasteiger partial charge in [0.2, 0.25) is 5.91 Å². The second-order valence-corrected chi connectivity index (χ2v) is 4.60. The molecule has 0 aliphatic heterocycles. The molecule has 0 saturated heterocycles. The number of nitrogens with zero attached hydrogens (tertiary/aromatic N) is 1. The van der Waals surface area contributed by atoms with E-state index in [0.717, 1.165) is 5.56 Å². The molecular weight excluding hydrogens is 270 g/mol. The van der Waals surface area contributed by atoms with E-state index in [1.165, 1.54) is 25.4 Å². The van der Waals surface area contributed by atoms with Gasteiger partial charge in [-0.15, -0.1) is 0 Å². The Morgan fingerprint density at radius 2 is 1.90 bits per heavy atom. The van der Waals surface area contributed by atoms with Gasteiger partial charge in [0.15, 0.2) is 0 Å². The Balaban J connectivity index is 2.22. The summed E-state index contributed by atoms with van der Waals surface area (Å²) in [7, 11) is 0. The zero-order valence-electron chi connectivity index (χ0n) is 11.7. The highest BCUT2D eigenvalue weighted by Gasteiger charge is 2.10. The summed E-state index contributed by atoms with van der Waals surface area (Å²) in [6.45, 7) is 3.25. The molecular formula is C15H15N3O3. The highest BCUT2D eigenvalue weighted by Crippen LogP contribution is 2.21. The summed E-state index contributed by atoms with van der Waals surface area (Å²) in [5.41, 5.74) is 2.27. The predicted octanol–water partition coefficient (Wildman–Crippen LogP) is 2.31. The normalized spacial score (nSPS) is 10.0. The number of aryl methyl sites for hydroxylation is 1. The molecule has 6 nitrogen and oxygen atoms in total. The van der Waals surface area contributed by atoms with Gasteiger partial charge in [0, 0.05) is 24.5 Å². The van der Waals surface area contributed by atoms with Crippen LogP contribution in [0.4, 0.5) is 11.4 Å². The van der Waals surface area contributed by atoms with Gasteiger partial charge in [-0.3, -0.25) is 14.6 Å². The quantitative estimate of drug-likeness (QED) is 0.807. The summed E-state index contributed by atoms with van der Waals surface area (Å²) in [4.78, 5) is 26.9. The van der Waals surface area contributed by atoms with E-state index in [0.29, 0.717) is 11.4 Å². The van der Waals surface area contributed by atoms with Crippen molar-refractivity contribution in [1.82, 2.24) is 4.98 Å². The van der Waals surface area contributed by atoms with Crippen LogP contribution in [0.3, 0.4) is 0 Å². The van der Waals surface area contributed by atoms with E-state index < -0.39 is 0 Å². The SMILES string of the molecule is CC(=O)Nc1ccc(C)c(NC(=O)c2cncc(O)c2)c1. The Morgan fingerprint density at radius 1 is 1.14 bits per heavy atom. The zero-order chi connectivity index (χ0) is 15.4. The molecule has 2 rings (SSSR count). The first-order valence-corrected chi connectivity index (χ1v) is 6.29. The summed E-state index contributed by atoms with van der Waals surface area (Å²) in [5, 5.41) is 14.7. The first-order chi connectivity index (χ1) is 9.95. The second kappa shape index (κ2) is 6.04. The summed E-state index contributed by atoms with van der Waals surface area (Å²) >= 11 is 0. The molecule has 0 aliphatic carbocycles. The first-order valence-electron chi connectivity index (χ1n) is 6.29. The van der Waals surface area contributed by atoms with Gasteiger partial charge in [-0.05, 0) is 30.7 Å². The van der Waals surface area contributed by atoms with Crippen LogP contribution >= 0.6 is 0 Å². The van der Waals surface area contributed by atoms with Gasteiger partial charge in [0.05, 0.1) is 11.8 Å². The Kier molecular flexibility index (Phi) is 4.18. The molecule has 0 fully saturated rings. The van der Waals surface area contributed by atoms with E-state index in [1.807, 2.05) is 6.92 Å². The van der Waals surface area contributed by atoms with Crippen molar-refractivity contribution in [1.29, 1.82) is 0 Å². The van der Waals surface area contributed by atoms with Crippen molar-refractivity contribution in [3.63, 3.8) is 0 Å². The number of hydrogen-bond donors (Lipinski definition) is 3. The topological polar surface area (TPSA) is 91.3 Å². The van der Waals surface area contributed by atoms with Gasteiger partial charge < -0.3 is 15.7 Å². The second-order valence-electron chi connectivity index (χ2n) is 4.60. The van der Waals surface area contributed by atoms with Crippen molar-refractivity contribution in [2.75, 3.05) is 10.6 Å². The molecule has 2 aromatic rings. The molecule has 1 heterocycles. The van der Waals surface area contributed by atoms with Crippen molar-refractivity contribution in [3.8, 4) is 5.75 Å². The summed E-state index contributed by atoms with van der Waals surface area (Å²) < 4.78 is 0. The van der Waals surface area contributed by atoms with Crippen LogP contribution in [0, 0.1) is 6.92 Å². The molecule has 0 unspecified atom stereocenters. The van der Waals surface area contributed by atoms with Gasteiger partial charge in [0.25, 0.3) is 5.91 Å². The van der Waals surface area contributed by atoms with E-state index in [2.05, 4.69) is 15.6 Å². The molecule has 21 heavy (non-hydrogen) atoms. The van der Waals surface area contributed by atoms with Crippen molar-refractivity contribution in [2.24, 2.45) is 0 Å². The Labute approximate surface area is 121 Å². The Hall–Kier alpha value is -2.89. The fourth-order valence-corrected chi connectivity index (χ4v) is 1.78. The van der Waals surface area contributed by atoms with E-state index in [-0.39, 0.29) is 23.1 Å². The third kappa shape index (κ3) is 3.79. The first kappa shape index (κ1) is 14.5. The average molecular weight is 285 g/mol. The molecule has 0 saturated carbocycles. The summed E-state index contributed by atoms with van der Waals surface area (Å²) in [5.74, 6) is -0.652. The van der Waals surface area contributed by atoms with Crippen molar-refractivity contribution < 1.29 is 14.7 Å². The number of rotatable bonds is 3. The fraction of sp³-hybridized carbons (Fsp3) is 0.133. The smallest absolute Gasteiger partial charge is 0.257 e. The summed E-state index contributed by atoms with van der Waals surface area (Å²) in [6.07, 6.45) is 2.61. The highest BCUT2D eigenvalue weighted by atomic mass is 16.3. The zero-order valence-corrected chi connectivity index (χ0v) is 11.7. The lowest BCUT2D eigenvalue weighted by Gasteiger charge is -2.11. The minimum atomic E-state index is -0.388. The number of hydrogen-bond acceptors (Lipinski definition) is 4. The fourth-order valence-electron chi connectivity index (χ4n) is 1.78. The van der Waals surface area contributed by atoms with Crippen LogP contribution in [0.15, 0.2) is 36.7 Å². The number of carbonyl (C=O) groups excluding carboxylic acids is 2. The monoisotopic (exact) mass is 285 g/mol. The van der Waals surface area contributed by atoms with Crippen molar-refractivity contribution in [3.05, 3.63) is 47.8 Å². The van der Waals surface area contributed by atoms with Crippen LogP contribution in [0.25, 0.3) is 0 Å². The molecule has 108 valence electrons. The van der Waals surface area contributed by atoms with Gasteiger partial charge in [0.1, 0.15) is 5.75 Å². The molecule has 0 atom stereocenters. The molecule has 0 aliphatic rings. The maximum absolute atomic E-state index is 12.1. The van der Waals surface area contributed by atoms with E-state index in [9.17, 15) is 14.7 Å². The lowest BCUT2D eigenvalue weighted by Crippen LogP contribution is -2.13. The average Bonchev–Trinajstić information content (AvgIpc) is 2.42. The van der Waals surface area contributed by atoms with Gasteiger partial charge in [-0.2, -0.15) is 0 Å². The number of carbonyl (C=O) groups is 2. The number of pyridine rings is 1. The van der Waals surface area contributed by atoms with E-state index in [4.69, 9.17) is 0 Å². The Morgan fingerprint density at radius 3 is 2.57 bits per heavy atom. The molecule has 1 aromatic carbocycles.